The van der Waals surface area contributed by atoms with E-state index in [0.717, 1.165) is 31.6 Å². The average molecular weight is 369 g/mol. The van der Waals surface area contributed by atoms with Crippen LogP contribution in [0.2, 0.25) is 5.02 Å². The van der Waals surface area contributed by atoms with Crippen molar-refractivity contribution in [3.05, 3.63) is 47.2 Å². The van der Waals surface area contributed by atoms with Gasteiger partial charge in [0.25, 0.3) is 5.91 Å². The van der Waals surface area contributed by atoms with Crippen molar-refractivity contribution >= 4 is 29.9 Å². The highest BCUT2D eigenvalue weighted by Gasteiger charge is 2.27. The molecule has 2 aromatic rings. The molecule has 5 nitrogen and oxygen atoms in total. The lowest BCUT2D eigenvalue weighted by Gasteiger charge is -2.34. The second-order valence-electron chi connectivity index (χ2n) is 6.40. The van der Waals surface area contributed by atoms with Gasteiger partial charge in [0.1, 0.15) is 0 Å². The lowest BCUT2D eigenvalue weighted by Crippen LogP contribution is -2.42. The summed E-state index contributed by atoms with van der Waals surface area (Å²) in [5, 5.41) is 11.3. The van der Waals surface area contributed by atoms with Crippen molar-refractivity contribution in [2.75, 3.05) is 19.6 Å². The van der Waals surface area contributed by atoms with Gasteiger partial charge in [0.15, 0.2) is 0 Å². The Morgan fingerprint density at radius 3 is 2.88 bits per heavy atom. The SMILES string of the molecule is CC1(CNC(=O)c2cnn(-c3cccc(Cl)c3)c2)CCNCC1.Cl. The van der Waals surface area contributed by atoms with E-state index in [1.165, 1.54) is 0 Å². The van der Waals surface area contributed by atoms with Crippen molar-refractivity contribution in [3.63, 3.8) is 0 Å². The molecule has 1 saturated heterocycles. The van der Waals surface area contributed by atoms with Crippen LogP contribution in [0.5, 0.6) is 0 Å². The van der Waals surface area contributed by atoms with Crippen LogP contribution in [0.25, 0.3) is 5.69 Å². The van der Waals surface area contributed by atoms with E-state index in [-0.39, 0.29) is 23.7 Å². The first-order chi connectivity index (χ1) is 11.1. The van der Waals surface area contributed by atoms with Crippen LogP contribution in [0.15, 0.2) is 36.7 Å². The Morgan fingerprint density at radius 2 is 2.17 bits per heavy atom. The molecule has 1 aromatic carbocycles. The Labute approximate surface area is 153 Å². The zero-order valence-electron chi connectivity index (χ0n) is 13.6. The van der Waals surface area contributed by atoms with Crippen LogP contribution in [0.4, 0.5) is 0 Å². The van der Waals surface area contributed by atoms with Crippen LogP contribution in [0, 0.1) is 5.41 Å². The number of aromatic nitrogens is 2. The summed E-state index contributed by atoms with van der Waals surface area (Å²) < 4.78 is 1.66. The van der Waals surface area contributed by atoms with E-state index in [1.54, 1.807) is 17.1 Å². The summed E-state index contributed by atoms with van der Waals surface area (Å²) in [6, 6.07) is 7.38. The van der Waals surface area contributed by atoms with Crippen molar-refractivity contribution in [1.82, 2.24) is 20.4 Å². The summed E-state index contributed by atoms with van der Waals surface area (Å²) in [4.78, 5) is 12.3. The topological polar surface area (TPSA) is 59.0 Å². The van der Waals surface area contributed by atoms with E-state index in [4.69, 9.17) is 11.6 Å². The average Bonchev–Trinajstić information content (AvgIpc) is 3.03. The smallest absolute Gasteiger partial charge is 0.254 e. The first kappa shape index (κ1) is 18.8. The molecular formula is C17H22Cl2N4O. The van der Waals surface area contributed by atoms with E-state index < -0.39 is 0 Å². The zero-order valence-corrected chi connectivity index (χ0v) is 15.2. The summed E-state index contributed by atoms with van der Waals surface area (Å²) in [6.07, 6.45) is 5.47. The van der Waals surface area contributed by atoms with Crippen LogP contribution in [-0.4, -0.2) is 35.3 Å². The maximum atomic E-state index is 12.3. The molecule has 130 valence electrons. The number of halogens is 2. The van der Waals surface area contributed by atoms with Crippen LogP contribution >= 0.6 is 24.0 Å². The molecule has 0 atom stereocenters. The highest BCUT2D eigenvalue weighted by molar-refractivity contribution is 6.30. The van der Waals surface area contributed by atoms with E-state index in [9.17, 15) is 4.79 Å². The fourth-order valence-corrected chi connectivity index (χ4v) is 2.99. The van der Waals surface area contributed by atoms with Gasteiger partial charge in [-0.3, -0.25) is 4.79 Å². The molecule has 0 bridgehead atoms. The molecule has 1 amide bonds. The molecule has 1 aromatic heterocycles. The quantitative estimate of drug-likeness (QED) is 0.871. The van der Waals surface area contributed by atoms with Crippen LogP contribution in [-0.2, 0) is 0 Å². The Kier molecular flexibility index (Phi) is 6.27. The molecule has 0 unspecified atom stereocenters. The molecule has 1 fully saturated rings. The zero-order chi connectivity index (χ0) is 16.3. The van der Waals surface area contributed by atoms with Gasteiger partial charge >= 0.3 is 0 Å². The van der Waals surface area contributed by atoms with Crippen LogP contribution < -0.4 is 10.6 Å². The van der Waals surface area contributed by atoms with Gasteiger partial charge < -0.3 is 10.6 Å². The van der Waals surface area contributed by atoms with Crippen molar-refractivity contribution < 1.29 is 4.79 Å². The van der Waals surface area contributed by atoms with Gasteiger partial charge in [0.2, 0.25) is 0 Å². The van der Waals surface area contributed by atoms with E-state index in [1.807, 2.05) is 24.3 Å². The minimum atomic E-state index is -0.0852. The molecule has 1 aliphatic rings. The van der Waals surface area contributed by atoms with Crippen molar-refractivity contribution in [2.24, 2.45) is 5.41 Å². The molecule has 0 spiro atoms. The van der Waals surface area contributed by atoms with Gasteiger partial charge in [-0.05, 0) is 49.5 Å². The Morgan fingerprint density at radius 1 is 1.42 bits per heavy atom. The summed E-state index contributed by atoms with van der Waals surface area (Å²) in [5.41, 5.74) is 1.56. The minimum Gasteiger partial charge on any atom is -0.351 e. The standard InChI is InChI=1S/C17H21ClN4O.ClH/c1-17(5-7-19-8-6-17)12-20-16(23)13-10-21-22(11-13)15-4-2-3-14(18)9-15;/h2-4,9-11,19H,5-8,12H2,1H3,(H,20,23);1H. The minimum absolute atomic E-state index is 0. The molecule has 0 radical (unpaired) electrons. The number of piperidine rings is 1. The Bertz CT molecular complexity index is 695. The largest absolute Gasteiger partial charge is 0.351 e. The van der Waals surface area contributed by atoms with Crippen molar-refractivity contribution in [2.45, 2.75) is 19.8 Å². The molecule has 24 heavy (non-hydrogen) atoms. The number of carbonyl (C=O) groups excluding carboxylic acids is 1. The molecule has 7 heteroatoms. The summed E-state index contributed by atoms with van der Waals surface area (Å²) in [5.74, 6) is -0.0852. The number of hydrogen-bond acceptors (Lipinski definition) is 3. The van der Waals surface area contributed by atoms with Crippen molar-refractivity contribution in [3.8, 4) is 5.69 Å². The predicted molar refractivity (Wildman–Crippen MR) is 98.4 cm³/mol. The van der Waals surface area contributed by atoms with Crippen LogP contribution in [0.1, 0.15) is 30.1 Å². The second kappa shape index (κ2) is 8.01. The molecule has 0 saturated carbocycles. The lowest BCUT2D eigenvalue weighted by atomic mass is 9.81. The normalized spacial score (nSPS) is 16.2. The Hall–Kier alpha value is -1.56. The number of nitrogens with zero attached hydrogens (tertiary/aromatic N) is 2. The lowest BCUT2D eigenvalue weighted by molar-refractivity contribution is 0.0922. The van der Waals surface area contributed by atoms with E-state index in [0.29, 0.717) is 17.1 Å². The first-order valence-corrected chi connectivity index (χ1v) is 8.23. The summed E-state index contributed by atoms with van der Waals surface area (Å²) >= 11 is 5.99. The van der Waals surface area contributed by atoms with Gasteiger partial charge in [0, 0.05) is 17.8 Å². The summed E-state index contributed by atoms with van der Waals surface area (Å²) in [6.45, 7) is 4.94. The third-order valence-corrected chi connectivity index (χ3v) is 4.64. The number of carbonyl (C=O) groups is 1. The van der Waals surface area contributed by atoms with Crippen LogP contribution in [0.3, 0.4) is 0 Å². The van der Waals surface area contributed by atoms with Gasteiger partial charge in [-0.25, -0.2) is 4.68 Å². The maximum absolute atomic E-state index is 12.3. The van der Waals surface area contributed by atoms with Gasteiger partial charge in [0.05, 0.1) is 17.4 Å². The maximum Gasteiger partial charge on any atom is 0.254 e. The number of nitrogens with one attached hydrogen (secondary N) is 2. The van der Waals surface area contributed by atoms with Crippen molar-refractivity contribution in [1.29, 1.82) is 0 Å². The number of hydrogen-bond donors (Lipinski definition) is 2. The van der Waals surface area contributed by atoms with Gasteiger partial charge in [-0.15, -0.1) is 12.4 Å². The number of benzene rings is 1. The molecule has 0 aliphatic carbocycles. The number of amides is 1. The number of rotatable bonds is 4. The fraction of sp³-hybridized carbons (Fsp3) is 0.412. The molecule has 1 aliphatic heterocycles. The monoisotopic (exact) mass is 368 g/mol. The molecular weight excluding hydrogens is 347 g/mol. The third-order valence-electron chi connectivity index (χ3n) is 4.40. The van der Waals surface area contributed by atoms with E-state index in [2.05, 4.69) is 22.7 Å². The fourth-order valence-electron chi connectivity index (χ4n) is 2.80. The first-order valence-electron chi connectivity index (χ1n) is 7.85. The third kappa shape index (κ3) is 4.50. The highest BCUT2D eigenvalue weighted by atomic mass is 35.5. The summed E-state index contributed by atoms with van der Waals surface area (Å²) in [7, 11) is 0. The molecule has 2 heterocycles. The Balaban J connectivity index is 0.00000208. The van der Waals surface area contributed by atoms with Gasteiger partial charge in [-0.2, -0.15) is 5.10 Å². The predicted octanol–water partition coefficient (Wildman–Crippen LogP) is 3.07. The molecule has 2 N–H and O–H groups in total. The van der Waals surface area contributed by atoms with Gasteiger partial charge in [-0.1, -0.05) is 24.6 Å². The second-order valence-corrected chi connectivity index (χ2v) is 6.83. The highest BCUT2D eigenvalue weighted by Crippen LogP contribution is 2.26. The molecule has 3 rings (SSSR count). The van der Waals surface area contributed by atoms with E-state index >= 15 is 0 Å².